The summed E-state index contributed by atoms with van der Waals surface area (Å²) in [5, 5.41) is 3.28. The molecule has 1 fully saturated rings. The third kappa shape index (κ3) is 2.87. The molecule has 1 aliphatic rings. The van der Waals surface area contributed by atoms with Crippen molar-refractivity contribution in [2.24, 2.45) is 0 Å². The van der Waals surface area contributed by atoms with E-state index < -0.39 is 0 Å². The van der Waals surface area contributed by atoms with Crippen LogP contribution >= 0.6 is 15.9 Å². The van der Waals surface area contributed by atoms with Crippen molar-refractivity contribution in [1.82, 2.24) is 9.97 Å². The molecule has 1 N–H and O–H groups in total. The van der Waals surface area contributed by atoms with Gasteiger partial charge in [-0.25, -0.2) is 9.97 Å². The zero-order chi connectivity index (χ0) is 13.2. The number of halogens is 1. The van der Waals surface area contributed by atoms with Gasteiger partial charge in [0.2, 0.25) is 0 Å². The van der Waals surface area contributed by atoms with Crippen molar-refractivity contribution in [2.45, 2.75) is 18.8 Å². The molecule has 98 valence electrons. The Morgan fingerprint density at radius 1 is 1.26 bits per heavy atom. The van der Waals surface area contributed by atoms with Crippen molar-refractivity contribution in [2.75, 3.05) is 12.4 Å². The molecule has 0 bridgehead atoms. The van der Waals surface area contributed by atoms with E-state index in [1.54, 1.807) is 7.11 Å². The summed E-state index contributed by atoms with van der Waals surface area (Å²) < 4.78 is 6.13. The van der Waals surface area contributed by atoms with E-state index in [0.29, 0.717) is 5.92 Å². The fourth-order valence-electron chi connectivity index (χ4n) is 1.91. The van der Waals surface area contributed by atoms with Crippen LogP contribution in [-0.2, 0) is 0 Å². The Balaban J connectivity index is 1.90. The lowest BCUT2D eigenvalue weighted by atomic mass is 10.3. The van der Waals surface area contributed by atoms with Gasteiger partial charge in [0, 0.05) is 12.0 Å². The molecular formula is C14H14BrN3O. The van der Waals surface area contributed by atoms with Crippen LogP contribution in [0.15, 0.2) is 34.9 Å². The maximum Gasteiger partial charge on any atom is 0.142 e. The van der Waals surface area contributed by atoms with Crippen LogP contribution in [0.25, 0.3) is 0 Å². The highest BCUT2D eigenvalue weighted by atomic mass is 79.9. The SMILES string of the molecule is COc1ccccc1Nc1cc(Br)nc(C2CC2)n1. The van der Waals surface area contributed by atoms with Crippen molar-refractivity contribution >= 4 is 27.4 Å². The molecule has 19 heavy (non-hydrogen) atoms. The van der Waals surface area contributed by atoms with Crippen molar-refractivity contribution in [1.29, 1.82) is 0 Å². The molecule has 0 spiro atoms. The third-order valence-electron chi connectivity index (χ3n) is 3.02. The smallest absolute Gasteiger partial charge is 0.142 e. The molecule has 1 aliphatic carbocycles. The van der Waals surface area contributed by atoms with Crippen LogP contribution in [0, 0.1) is 0 Å². The van der Waals surface area contributed by atoms with Crippen LogP contribution in [0.4, 0.5) is 11.5 Å². The van der Waals surface area contributed by atoms with E-state index in [-0.39, 0.29) is 0 Å². The van der Waals surface area contributed by atoms with Gasteiger partial charge >= 0.3 is 0 Å². The zero-order valence-electron chi connectivity index (χ0n) is 10.6. The van der Waals surface area contributed by atoms with E-state index in [2.05, 4.69) is 31.2 Å². The van der Waals surface area contributed by atoms with E-state index in [1.807, 2.05) is 30.3 Å². The molecule has 0 amide bonds. The molecule has 0 aliphatic heterocycles. The normalized spacial score (nSPS) is 14.2. The van der Waals surface area contributed by atoms with Gasteiger partial charge in [-0.2, -0.15) is 0 Å². The van der Waals surface area contributed by atoms with E-state index in [4.69, 9.17) is 4.74 Å². The number of nitrogens with zero attached hydrogens (tertiary/aromatic N) is 2. The van der Waals surface area contributed by atoms with Gasteiger partial charge in [0.25, 0.3) is 0 Å². The van der Waals surface area contributed by atoms with Gasteiger partial charge < -0.3 is 10.1 Å². The minimum Gasteiger partial charge on any atom is -0.495 e. The monoisotopic (exact) mass is 319 g/mol. The van der Waals surface area contributed by atoms with Gasteiger partial charge in [0.15, 0.2) is 0 Å². The summed E-state index contributed by atoms with van der Waals surface area (Å²) in [5.74, 6) is 3.01. The number of nitrogens with one attached hydrogen (secondary N) is 1. The number of hydrogen-bond donors (Lipinski definition) is 1. The van der Waals surface area contributed by atoms with Crippen LogP contribution in [0.2, 0.25) is 0 Å². The lowest BCUT2D eigenvalue weighted by Crippen LogP contribution is -2.00. The summed E-state index contributed by atoms with van der Waals surface area (Å²) in [6, 6.07) is 9.66. The molecule has 0 unspecified atom stereocenters. The topological polar surface area (TPSA) is 47.0 Å². The van der Waals surface area contributed by atoms with Gasteiger partial charge in [-0.3, -0.25) is 0 Å². The number of para-hydroxylation sites is 2. The molecule has 1 saturated carbocycles. The van der Waals surface area contributed by atoms with Crippen molar-refractivity contribution in [3.63, 3.8) is 0 Å². The van der Waals surface area contributed by atoms with Crippen molar-refractivity contribution in [3.05, 3.63) is 40.8 Å². The second-order valence-corrected chi connectivity index (χ2v) is 5.35. The molecular weight excluding hydrogens is 306 g/mol. The first-order chi connectivity index (χ1) is 9.26. The van der Waals surface area contributed by atoms with Gasteiger partial charge in [-0.15, -0.1) is 0 Å². The number of anilines is 2. The molecule has 3 rings (SSSR count). The molecule has 0 atom stereocenters. The largest absolute Gasteiger partial charge is 0.495 e. The summed E-state index contributed by atoms with van der Waals surface area (Å²) in [6.45, 7) is 0. The fourth-order valence-corrected chi connectivity index (χ4v) is 2.31. The summed E-state index contributed by atoms with van der Waals surface area (Å²) in [7, 11) is 1.66. The van der Waals surface area contributed by atoms with E-state index in [0.717, 1.165) is 27.7 Å². The summed E-state index contributed by atoms with van der Waals surface area (Å²) in [6.07, 6.45) is 2.37. The summed E-state index contributed by atoms with van der Waals surface area (Å²) in [5.41, 5.74) is 0.900. The highest BCUT2D eigenvalue weighted by Gasteiger charge is 2.27. The summed E-state index contributed by atoms with van der Waals surface area (Å²) >= 11 is 3.44. The average Bonchev–Trinajstić information content (AvgIpc) is 3.23. The number of aromatic nitrogens is 2. The van der Waals surface area contributed by atoms with Gasteiger partial charge in [0.1, 0.15) is 22.0 Å². The third-order valence-corrected chi connectivity index (χ3v) is 3.43. The van der Waals surface area contributed by atoms with E-state index in [1.165, 1.54) is 12.8 Å². The van der Waals surface area contributed by atoms with Crippen LogP contribution in [0.5, 0.6) is 5.75 Å². The van der Waals surface area contributed by atoms with Crippen molar-refractivity contribution < 1.29 is 4.74 Å². The second kappa shape index (κ2) is 5.17. The van der Waals surface area contributed by atoms with Gasteiger partial charge in [-0.1, -0.05) is 12.1 Å². The van der Waals surface area contributed by atoms with Crippen molar-refractivity contribution in [3.8, 4) is 5.75 Å². The summed E-state index contributed by atoms with van der Waals surface area (Å²) in [4.78, 5) is 8.97. The molecule has 1 aromatic carbocycles. The predicted octanol–water partition coefficient (Wildman–Crippen LogP) is 3.87. The molecule has 0 saturated heterocycles. The van der Waals surface area contributed by atoms with Crippen LogP contribution in [0.3, 0.4) is 0 Å². The van der Waals surface area contributed by atoms with Crippen LogP contribution in [-0.4, -0.2) is 17.1 Å². The molecule has 1 heterocycles. The maximum absolute atomic E-state index is 5.32. The maximum atomic E-state index is 5.32. The van der Waals surface area contributed by atoms with E-state index in [9.17, 15) is 0 Å². The zero-order valence-corrected chi connectivity index (χ0v) is 12.1. The number of rotatable bonds is 4. The molecule has 0 radical (unpaired) electrons. The first kappa shape index (κ1) is 12.4. The fraction of sp³-hybridized carbons (Fsp3) is 0.286. The average molecular weight is 320 g/mol. The lowest BCUT2D eigenvalue weighted by Gasteiger charge is -2.11. The Morgan fingerprint density at radius 3 is 2.79 bits per heavy atom. The number of methoxy groups -OCH3 is 1. The van der Waals surface area contributed by atoms with Crippen LogP contribution in [0.1, 0.15) is 24.6 Å². The van der Waals surface area contributed by atoms with Crippen LogP contribution < -0.4 is 10.1 Å². The minimum absolute atomic E-state index is 0.524. The number of benzene rings is 1. The number of hydrogen-bond acceptors (Lipinski definition) is 4. The molecule has 4 nitrogen and oxygen atoms in total. The molecule has 1 aromatic heterocycles. The minimum atomic E-state index is 0.524. The Labute approximate surface area is 120 Å². The highest BCUT2D eigenvalue weighted by molar-refractivity contribution is 9.10. The Morgan fingerprint density at radius 2 is 2.05 bits per heavy atom. The highest BCUT2D eigenvalue weighted by Crippen LogP contribution is 2.39. The quantitative estimate of drug-likeness (QED) is 0.869. The van der Waals surface area contributed by atoms with E-state index >= 15 is 0 Å². The first-order valence-electron chi connectivity index (χ1n) is 6.21. The Kier molecular flexibility index (Phi) is 3.38. The predicted molar refractivity (Wildman–Crippen MR) is 78.0 cm³/mol. The second-order valence-electron chi connectivity index (χ2n) is 4.53. The van der Waals surface area contributed by atoms with Gasteiger partial charge in [0.05, 0.1) is 12.8 Å². The number of ether oxygens (including phenoxy) is 1. The molecule has 5 heteroatoms. The standard InChI is InChI=1S/C14H14BrN3O/c1-19-11-5-3-2-4-10(11)16-13-8-12(15)17-14(18-13)9-6-7-9/h2-5,8-9H,6-7H2,1H3,(H,16,17,18). The molecule has 2 aromatic rings. The Hall–Kier alpha value is -1.62. The Bertz CT molecular complexity index is 599. The first-order valence-corrected chi connectivity index (χ1v) is 7.00. The van der Waals surface area contributed by atoms with Gasteiger partial charge in [-0.05, 0) is 40.9 Å². The lowest BCUT2D eigenvalue weighted by molar-refractivity contribution is 0.417.